The van der Waals surface area contributed by atoms with Gasteiger partial charge in [-0.3, -0.25) is 4.79 Å². The van der Waals surface area contributed by atoms with Gasteiger partial charge in [-0.15, -0.1) is 0 Å². The maximum absolute atomic E-state index is 12.0. The number of aliphatic carboxylic acids is 1. The first-order chi connectivity index (χ1) is 8.97. The summed E-state index contributed by atoms with van der Waals surface area (Å²) >= 11 is 0. The normalized spacial score (nSPS) is 15.3. The molecule has 19 heavy (non-hydrogen) atoms. The van der Waals surface area contributed by atoms with Gasteiger partial charge in [0.2, 0.25) is 5.91 Å². The highest BCUT2D eigenvalue weighted by Crippen LogP contribution is 2.12. The second-order valence-electron chi connectivity index (χ2n) is 4.60. The van der Waals surface area contributed by atoms with Crippen molar-refractivity contribution in [1.29, 1.82) is 0 Å². The lowest BCUT2D eigenvalue weighted by atomic mass is 9.98. The second-order valence-corrected chi connectivity index (χ2v) is 4.60. The summed E-state index contributed by atoms with van der Waals surface area (Å²) in [5, 5.41) is 11.6. The molecule has 3 atom stereocenters. The van der Waals surface area contributed by atoms with E-state index in [2.05, 4.69) is 5.32 Å². The van der Waals surface area contributed by atoms with Crippen LogP contribution < -0.4 is 11.1 Å². The lowest BCUT2D eigenvalue weighted by Crippen LogP contribution is -2.48. The predicted molar refractivity (Wildman–Crippen MR) is 72.4 cm³/mol. The summed E-state index contributed by atoms with van der Waals surface area (Å²) in [6, 6.07) is 7.11. The van der Waals surface area contributed by atoms with E-state index in [1.54, 1.807) is 31.2 Å². The van der Waals surface area contributed by atoms with Crippen LogP contribution in [0, 0.1) is 5.92 Å². The monoisotopic (exact) mass is 264 g/mol. The SMILES string of the molecule is CC[C@H](C)[C@H](NC(=O)[C@@H](N)c1ccccc1)C(=O)O. The standard InChI is InChI=1S/C14H20N2O3/c1-3-9(2)12(14(18)19)16-13(17)11(15)10-7-5-4-6-8-10/h4-9,11-12H,3,15H2,1-2H3,(H,16,17)(H,18,19)/t9-,11-,12-/m0/s1. The molecule has 0 radical (unpaired) electrons. The van der Waals surface area contributed by atoms with E-state index in [0.717, 1.165) is 0 Å². The highest BCUT2D eigenvalue weighted by Gasteiger charge is 2.27. The fraction of sp³-hybridized carbons (Fsp3) is 0.429. The molecule has 5 nitrogen and oxygen atoms in total. The van der Waals surface area contributed by atoms with E-state index < -0.39 is 24.0 Å². The summed E-state index contributed by atoms with van der Waals surface area (Å²) in [7, 11) is 0. The summed E-state index contributed by atoms with van der Waals surface area (Å²) in [6.07, 6.45) is 0.665. The second kappa shape index (κ2) is 6.89. The molecule has 4 N–H and O–H groups in total. The van der Waals surface area contributed by atoms with Gasteiger partial charge in [-0.1, -0.05) is 50.6 Å². The number of benzene rings is 1. The molecule has 0 fully saturated rings. The van der Waals surface area contributed by atoms with Crippen molar-refractivity contribution in [3.63, 3.8) is 0 Å². The number of carboxylic acid groups (broad SMARTS) is 1. The Labute approximate surface area is 112 Å². The summed E-state index contributed by atoms with van der Waals surface area (Å²) in [4.78, 5) is 23.1. The number of hydrogen-bond donors (Lipinski definition) is 3. The zero-order valence-corrected chi connectivity index (χ0v) is 11.2. The Bertz CT molecular complexity index is 434. The van der Waals surface area contributed by atoms with Gasteiger partial charge in [0.05, 0.1) is 0 Å². The lowest BCUT2D eigenvalue weighted by Gasteiger charge is -2.22. The molecular formula is C14H20N2O3. The topological polar surface area (TPSA) is 92.4 Å². The molecule has 104 valence electrons. The van der Waals surface area contributed by atoms with Crippen molar-refractivity contribution in [2.24, 2.45) is 11.7 Å². The van der Waals surface area contributed by atoms with Gasteiger partial charge in [0.1, 0.15) is 12.1 Å². The van der Waals surface area contributed by atoms with Crippen LogP contribution in [0.15, 0.2) is 30.3 Å². The van der Waals surface area contributed by atoms with E-state index in [0.29, 0.717) is 12.0 Å². The molecule has 5 heteroatoms. The lowest BCUT2D eigenvalue weighted by molar-refractivity contribution is -0.143. The molecule has 1 aromatic rings. The van der Waals surface area contributed by atoms with Crippen molar-refractivity contribution in [2.75, 3.05) is 0 Å². The van der Waals surface area contributed by atoms with E-state index in [1.165, 1.54) is 0 Å². The van der Waals surface area contributed by atoms with Crippen LogP contribution in [0.4, 0.5) is 0 Å². The van der Waals surface area contributed by atoms with Crippen LogP contribution in [-0.4, -0.2) is 23.0 Å². The third-order valence-electron chi connectivity index (χ3n) is 3.22. The van der Waals surface area contributed by atoms with Crippen LogP contribution in [-0.2, 0) is 9.59 Å². The highest BCUT2D eigenvalue weighted by molar-refractivity contribution is 5.87. The van der Waals surface area contributed by atoms with Crippen molar-refractivity contribution >= 4 is 11.9 Å². The predicted octanol–water partition coefficient (Wildman–Crippen LogP) is 1.30. The first kappa shape index (κ1) is 15.2. The van der Waals surface area contributed by atoms with Gasteiger partial charge in [0.15, 0.2) is 0 Å². The number of amides is 1. The molecule has 0 aliphatic carbocycles. The first-order valence-corrected chi connectivity index (χ1v) is 6.31. The van der Waals surface area contributed by atoms with E-state index in [9.17, 15) is 9.59 Å². The molecule has 0 aliphatic heterocycles. The third kappa shape index (κ3) is 4.06. The van der Waals surface area contributed by atoms with Crippen molar-refractivity contribution in [3.05, 3.63) is 35.9 Å². The number of nitrogens with two attached hydrogens (primary N) is 1. The van der Waals surface area contributed by atoms with Gasteiger partial charge in [-0.2, -0.15) is 0 Å². The molecule has 1 amide bonds. The van der Waals surface area contributed by atoms with Gasteiger partial charge >= 0.3 is 5.97 Å². The number of carbonyl (C=O) groups excluding carboxylic acids is 1. The fourth-order valence-corrected chi connectivity index (χ4v) is 1.74. The summed E-state index contributed by atoms with van der Waals surface area (Å²) in [5.41, 5.74) is 6.48. The summed E-state index contributed by atoms with van der Waals surface area (Å²) in [5.74, 6) is -1.66. The largest absolute Gasteiger partial charge is 0.480 e. The van der Waals surface area contributed by atoms with Gasteiger partial charge in [-0.05, 0) is 11.5 Å². The first-order valence-electron chi connectivity index (χ1n) is 6.31. The van der Waals surface area contributed by atoms with Gasteiger partial charge in [0.25, 0.3) is 0 Å². The maximum atomic E-state index is 12.0. The Morgan fingerprint density at radius 2 is 1.89 bits per heavy atom. The number of carbonyl (C=O) groups is 2. The molecular weight excluding hydrogens is 244 g/mol. The third-order valence-corrected chi connectivity index (χ3v) is 3.22. The molecule has 0 heterocycles. The van der Waals surface area contributed by atoms with Crippen LogP contribution in [0.5, 0.6) is 0 Å². The van der Waals surface area contributed by atoms with E-state index in [1.807, 2.05) is 13.0 Å². The van der Waals surface area contributed by atoms with Gasteiger partial charge in [0, 0.05) is 0 Å². The van der Waals surface area contributed by atoms with Crippen molar-refractivity contribution < 1.29 is 14.7 Å². The number of hydrogen-bond acceptors (Lipinski definition) is 3. The highest BCUT2D eigenvalue weighted by atomic mass is 16.4. The average molecular weight is 264 g/mol. The van der Waals surface area contributed by atoms with Crippen LogP contribution in [0.2, 0.25) is 0 Å². The zero-order valence-electron chi connectivity index (χ0n) is 11.2. The Morgan fingerprint density at radius 3 is 2.37 bits per heavy atom. The van der Waals surface area contributed by atoms with Crippen LogP contribution in [0.1, 0.15) is 31.9 Å². The smallest absolute Gasteiger partial charge is 0.326 e. The molecule has 0 unspecified atom stereocenters. The van der Waals surface area contributed by atoms with Crippen molar-refractivity contribution in [2.45, 2.75) is 32.4 Å². The van der Waals surface area contributed by atoms with E-state index >= 15 is 0 Å². The van der Waals surface area contributed by atoms with Crippen LogP contribution in [0.3, 0.4) is 0 Å². The molecule has 1 aromatic carbocycles. The van der Waals surface area contributed by atoms with Crippen molar-refractivity contribution in [3.8, 4) is 0 Å². The molecule has 0 saturated carbocycles. The number of nitrogens with one attached hydrogen (secondary N) is 1. The zero-order chi connectivity index (χ0) is 14.4. The minimum Gasteiger partial charge on any atom is -0.480 e. The summed E-state index contributed by atoms with van der Waals surface area (Å²) < 4.78 is 0. The van der Waals surface area contributed by atoms with Gasteiger partial charge in [-0.25, -0.2) is 4.79 Å². The molecule has 0 bridgehead atoms. The fourth-order valence-electron chi connectivity index (χ4n) is 1.74. The summed E-state index contributed by atoms with van der Waals surface area (Å²) in [6.45, 7) is 3.66. The maximum Gasteiger partial charge on any atom is 0.326 e. The van der Waals surface area contributed by atoms with Crippen LogP contribution >= 0.6 is 0 Å². The Hall–Kier alpha value is -1.88. The Morgan fingerprint density at radius 1 is 1.32 bits per heavy atom. The average Bonchev–Trinajstić information content (AvgIpc) is 2.43. The number of carboxylic acids is 1. The van der Waals surface area contributed by atoms with E-state index in [-0.39, 0.29) is 5.92 Å². The van der Waals surface area contributed by atoms with Gasteiger partial charge < -0.3 is 16.2 Å². The molecule has 0 aliphatic rings. The van der Waals surface area contributed by atoms with E-state index in [4.69, 9.17) is 10.8 Å². The molecule has 0 aromatic heterocycles. The quantitative estimate of drug-likeness (QED) is 0.722. The molecule has 0 spiro atoms. The molecule has 1 rings (SSSR count). The number of rotatable bonds is 6. The van der Waals surface area contributed by atoms with Crippen molar-refractivity contribution in [1.82, 2.24) is 5.32 Å². The minimum atomic E-state index is -1.04. The van der Waals surface area contributed by atoms with Crippen LogP contribution in [0.25, 0.3) is 0 Å². The Kier molecular flexibility index (Phi) is 5.51. The Balaban J connectivity index is 2.75. The molecule has 0 saturated heterocycles. The minimum absolute atomic E-state index is 0.149.